The molecule has 15 rings (SSSR count). The average Bonchev–Trinajstić information content (AvgIpc) is 3.78. The molecule has 15 aromatic rings. The lowest BCUT2D eigenvalue weighted by molar-refractivity contribution is 1.69. The minimum Gasteiger partial charge on any atom is -0.135 e. The number of hydrogen-bond acceptors (Lipinski definition) is 1. The molecule has 0 saturated carbocycles. The second kappa shape index (κ2) is 14.9. The summed E-state index contributed by atoms with van der Waals surface area (Å²) in [6.07, 6.45) is 0. The van der Waals surface area contributed by atoms with Crippen molar-refractivity contribution in [2.45, 2.75) is 0 Å². The topological polar surface area (TPSA) is 0 Å². The molecule has 0 aliphatic heterocycles. The highest BCUT2D eigenvalue weighted by Gasteiger charge is 2.22. The molecule has 14 aromatic carbocycles. The zero-order chi connectivity index (χ0) is 45.2. The van der Waals surface area contributed by atoms with Crippen molar-refractivity contribution in [2.75, 3.05) is 0 Å². The van der Waals surface area contributed by atoms with Crippen molar-refractivity contribution in [3.63, 3.8) is 0 Å². The Morgan fingerprint density at radius 3 is 0.942 bits per heavy atom. The van der Waals surface area contributed by atoms with Crippen LogP contribution in [0.4, 0.5) is 0 Å². The molecule has 0 radical (unpaired) electrons. The van der Waals surface area contributed by atoms with Crippen molar-refractivity contribution in [1.29, 1.82) is 0 Å². The Morgan fingerprint density at radius 2 is 0.507 bits per heavy atom. The molecular weight excluding hydrogens is 849 g/mol. The summed E-state index contributed by atoms with van der Waals surface area (Å²) in [6, 6.07) is 91.1. The molecule has 318 valence electrons. The fourth-order valence-electron chi connectivity index (χ4n) is 11.9. The van der Waals surface area contributed by atoms with Crippen molar-refractivity contribution in [1.82, 2.24) is 0 Å². The highest BCUT2D eigenvalue weighted by Crippen LogP contribution is 2.50. The molecule has 1 heteroatoms. The molecule has 0 atom stereocenters. The van der Waals surface area contributed by atoms with Crippen LogP contribution in [-0.2, 0) is 0 Å². The smallest absolute Gasteiger partial charge is 0.0355 e. The van der Waals surface area contributed by atoms with E-state index < -0.39 is 0 Å². The van der Waals surface area contributed by atoms with Gasteiger partial charge in [0.15, 0.2) is 0 Å². The number of hydrogen-bond donors (Lipinski definition) is 0. The Kier molecular flexibility index (Phi) is 8.33. The molecule has 0 amide bonds. The van der Waals surface area contributed by atoms with Crippen LogP contribution in [0.2, 0.25) is 0 Å². The summed E-state index contributed by atoms with van der Waals surface area (Å²) in [6.45, 7) is 0. The largest absolute Gasteiger partial charge is 0.135 e. The van der Waals surface area contributed by atoms with Gasteiger partial charge in [0.05, 0.1) is 0 Å². The van der Waals surface area contributed by atoms with E-state index >= 15 is 0 Å². The molecule has 69 heavy (non-hydrogen) atoms. The lowest BCUT2D eigenvalue weighted by Gasteiger charge is -2.20. The van der Waals surface area contributed by atoms with Crippen molar-refractivity contribution >= 4 is 118 Å². The zero-order valence-corrected chi connectivity index (χ0v) is 38.3. The Bertz CT molecular complexity index is 4370. The van der Waals surface area contributed by atoms with Crippen LogP contribution in [0.1, 0.15) is 0 Å². The van der Waals surface area contributed by atoms with Crippen LogP contribution >= 0.6 is 11.3 Å². The first-order valence-electron chi connectivity index (χ1n) is 23.9. The molecule has 0 N–H and O–H groups in total. The van der Waals surface area contributed by atoms with E-state index in [-0.39, 0.29) is 0 Å². The van der Waals surface area contributed by atoms with Crippen LogP contribution in [0.25, 0.3) is 151 Å². The Labute approximate surface area is 402 Å². The monoisotopic (exact) mass is 888 g/mol. The fraction of sp³-hybridized carbons (Fsp3) is 0. The molecule has 1 heterocycles. The van der Waals surface area contributed by atoms with Crippen molar-refractivity contribution in [3.05, 3.63) is 243 Å². The van der Waals surface area contributed by atoms with Crippen LogP contribution in [0.15, 0.2) is 243 Å². The Hall–Kier alpha value is -8.62. The van der Waals surface area contributed by atoms with E-state index in [1.54, 1.807) is 0 Å². The number of rotatable bonds is 4. The Balaban J connectivity index is 0.990. The third-order valence-corrected chi connectivity index (χ3v) is 16.1. The van der Waals surface area contributed by atoms with E-state index in [4.69, 9.17) is 0 Å². The summed E-state index contributed by atoms with van der Waals surface area (Å²) >= 11 is 1.89. The Morgan fingerprint density at radius 1 is 0.188 bits per heavy atom. The van der Waals surface area contributed by atoms with Gasteiger partial charge in [-0.05, 0) is 167 Å². The summed E-state index contributed by atoms with van der Waals surface area (Å²) in [5, 5.41) is 22.8. The van der Waals surface area contributed by atoms with Crippen molar-refractivity contribution < 1.29 is 0 Å². The minimum absolute atomic E-state index is 1.23. The van der Waals surface area contributed by atoms with E-state index in [1.807, 2.05) is 11.3 Å². The first-order chi connectivity index (χ1) is 34.2. The van der Waals surface area contributed by atoms with Crippen LogP contribution in [0.3, 0.4) is 0 Å². The molecular formula is C68H40S. The van der Waals surface area contributed by atoms with Crippen LogP contribution in [0.5, 0.6) is 0 Å². The highest BCUT2D eigenvalue weighted by molar-refractivity contribution is 7.25. The van der Waals surface area contributed by atoms with Gasteiger partial charge in [-0.25, -0.2) is 0 Å². The van der Waals surface area contributed by atoms with Crippen molar-refractivity contribution in [2.24, 2.45) is 0 Å². The molecule has 1 aromatic heterocycles. The lowest BCUT2D eigenvalue weighted by atomic mass is 9.83. The summed E-state index contributed by atoms with van der Waals surface area (Å²) in [4.78, 5) is 0. The van der Waals surface area contributed by atoms with Crippen LogP contribution in [0, 0.1) is 0 Å². The van der Waals surface area contributed by atoms with Gasteiger partial charge in [-0.1, -0.05) is 206 Å². The predicted octanol–water partition coefficient (Wildman–Crippen LogP) is 19.9. The molecule has 0 unspecified atom stereocenters. The quantitative estimate of drug-likeness (QED) is 0.122. The summed E-state index contributed by atoms with van der Waals surface area (Å²) in [5.74, 6) is 0. The lowest BCUT2D eigenvalue weighted by Crippen LogP contribution is -1.92. The van der Waals surface area contributed by atoms with Gasteiger partial charge in [0.25, 0.3) is 0 Å². The fourth-order valence-corrected chi connectivity index (χ4v) is 13.0. The third-order valence-electron chi connectivity index (χ3n) is 15.0. The van der Waals surface area contributed by atoms with Crippen molar-refractivity contribution in [3.8, 4) is 44.5 Å². The van der Waals surface area contributed by atoms with Gasteiger partial charge in [-0.15, -0.1) is 11.3 Å². The maximum atomic E-state index is 2.48. The number of thiophene rings is 1. The molecule has 0 aliphatic carbocycles. The van der Waals surface area contributed by atoms with Gasteiger partial charge in [0.1, 0.15) is 0 Å². The van der Waals surface area contributed by atoms with E-state index in [2.05, 4.69) is 243 Å². The van der Waals surface area contributed by atoms with Gasteiger partial charge in [-0.3, -0.25) is 0 Å². The SMILES string of the molecule is c1ccc2cc(-c3c4ccccc4c(-c4ccc5sc6ccc(-c7c8ccccc8c(-c8ccc9ccccc9c8)c8c7ccc7ccccc78)cc6c5c4)c4ccc5ccccc5c34)ccc2c1. The van der Waals surface area contributed by atoms with Gasteiger partial charge in [0, 0.05) is 20.2 Å². The zero-order valence-electron chi connectivity index (χ0n) is 37.5. The maximum Gasteiger partial charge on any atom is 0.0355 e. The van der Waals surface area contributed by atoms with E-state index in [0.29, 0.717) is 0 Å². The molecule has 0 fully saturated rings. The van der Waals surface area contributed by atoms with Gasteiger partial charge < -0.3 is 0 Å². The second-order valence-corrected chi connectivity index (χ2v) is 19.7. The number of benzene rings is 14. The number of fused-ring (bicyclic) bond motifs is 13. The van der Waals surface area contributed by atoms with Gasteiger partial charge in [0.2, 0.25) is 0 Å². The minimum atomic E-state index is 1.23. The molecule has 0 spiro atoms. The highest BCUT2D eigenvalue weighted by atomic mass is 32.1. The summed E-state index contributed by atoms with van der Waals surface area (Å²) < 4.78 is 2.59. The predicted molar refractivity (Wildman–Crippen MR) is 301 cm³/mol. The van der Waals surface area contributed by atoms with Gasteiger partial charge >= 0.3 is 0 Å². The summed E-state index contributed by atoms with van der Waals surface area (Å²) in [7, 11) is 0. The van der Waals surface area contributed by atoms with E-state index in [9.17, 15) is 0 Å². The summed E-state index contributed by atoms with van der Waals surface area (Å²) in [5.41, 5.74) is 10.1. The maximum absolute atomic E-state index is 2.48. The molecule has 0 bridgehead atoms. The normalized spacial score (nSPS) is 12.1. The van der Waals surface area contributed by atoms with E-state index in [0.717, 1.165) is 0 Å². The van der Waals surface area contributed by atoms with Crippen LogP contribution < -0.4 is 0 Å². The third kappa shape index (κ3) is 5.81. The molecule has 0 saturated heterocycles. The second-order valence-electron chi connectivity index (χ2n) is 18.7. The molecule has 0 aliphatic rings. The van der Waals surface area contributed by atoms with Gasteiger partial charge in [-0.2, -0.15) is 0 Å². The standard InChI is InChI=1S/C68H40S/c1-3-17-45-37-47(27-25-41(45)13-1)65-55-23-11-9-21-53(55)63(57-33-29-43-15-5-7-19-51(43)67(57)65)49-31-35-61-59(39-49)60-40-50(32-36-62(60)69-61)64-54-22-10-12-24-56(54)66(48-28-26-42-14-2-4-18-46(42)38-48)68-52-20-8-6-16-44(52)30-34-58(64)68/h1-40H. The average molecular weight is 889 g/mol. The first kappa shape index (κ1) is 38.5. The molecule has 0 nitrogen and oxygen atoms in total. The first-order valence-corrected chi connectivity index (χ1v) is 24.7. The van der Waals surface area contributed by atoms with E-state index in [1.165, 1.54) is 151 Å². The van der Waals surface area contributed by atoms with Crippen LogP contribution in [-0.4, -0.2) is 0 Å².